The molecule has 4 nitrogen and oxygen atoms in total. The van der Waals surface area contributed by atoms with E-state index in [-0.39, 0.29) is 17.9 Å². The summed E-state index contributed by atoms with van der Waals surface area (Å²) in [6, 6.07) is 4.02. The predicted octanol–water partition coefficient (Wildman–Crippen LogP) is 1.64. The maximum atomic E-state index is 12.6. The smallest absolute Gasteiger partial charge is 0.354 e. The molecule has 7 heteroatoms. The number of nitrogens with one attached hydrogen (secondary N) is 2. The summed E-state index contributed by atoms with van der Waals surface area (Å²) in [7, 11) is 0. The molecule has 0 aromatic heterocycles. The second kappa shape index (κ2) is 6.15. The third-order valence-electron chi connectivity index (χ3n) is 3.24. The molecule has 1 aromatic rings. The zero-order valence-electron chi connectivity index (χ0n) is 11.2. The number of carbonyl (C=O) groups is 2. The number of halogens is 3. The molecule has 2 amide bonds. The topological polar surface area (TPSA) is 58.2 Å². The Morgan fingerprint density at radius 2 is 2.14 bits per heavy atom. The fourth-order valence-electron chi connectivity index (χ4n) is 2.20. The van der Waals surface area contributed by atoms with Crippen LogP contribution in [-0.2, 0) is 22.2 Å². The molecule has 1 aliphatic heterocycles. The first kappa shape index (κ1) is 15.3. The van der Waals surface area contributed by atoms with Crippen LogP contribution in [0, 0.1) is 0 Å². The van der Waals surface area contributed by atoms with Gasteiger partial charge in [0.1, 0.15) is 6.04 Å². The molecule has 0 spiro atoms. The van der Waals surface area contributed by atoms with Crippen LogP contribution in [0.3, 0.4) is 0 Å². The molecular formula is C14H15F3N2O2. The minimum absolute atomic E-state index is 0.187. The van der Waals surface area contributed by atoms with Crippen molar-refractivity contribution in [2.24, 2.45) is 0 Å². The highest BCUT2D eigenvalue weighted by atomic mass is 19.4. The molecule has 2 N–H and O–H groups in total. The molecule has 0 bridgehead atoms. The number of hydrogen-bond acceptors (Lipinski definition) is 2. The average molecular weight is 300 g/mol. The summed E-state index contributed by atoms with van der Waals surface area (Å²) in [5, 5.41) is 5.17. The van der Waals surface area contributed by atoms with Crippen molar-refractivity contribution in [2.75, 3.05) is 6.54 Å². The van der Waals surface area contributed by atoms with Gasteiger partial charge in [-0.05, 0) is 24.5 Å². The van der Waals surface area contributed by atoms with Crippen LogP contribution in [0.15, 0.2) is 24.3 Å². The second-order valence-electron chi connectivity index (χ2n) is 4.93. The number of hydrogen-bond donors (Lipinski definition) is 2. The Bertz CT molecular complexity index is 543. The molecule has 0 aliphatic carbocycles. The number of benzene rings is 1. The molecule has 1 saturated heterocycles. The van der Waals surface area contributed by atoms with Crippen LogP contribution >= 0.6 is 0 Å². The molecule has 0 saturated carbocycles. The summed E-state index contributed by atoms with van der Waals surface area (Å²) in [6.07, 6.45) is -3.32. The maximum Gasteiger partial charge on any atom is 0.416 e. The molecule has 0 unspecified atom stereocenters. The number of piperidine rings is 1. The summed E-state index contributed by atoms with van der Waals surface area (Å²) in [6.45, 7) is 0.582. The van der Waals surface area contributed by atoms with E-state index in [1.807, 2.05) is 0 Å². The lowest BCUT2D eigenvalue weighted by atomic mass is 10.0. The van der Waals surface area contributed by atoms with E-state index in [1.165, 1.54) is 12.1 Å². The summed E-state index contributed by atoms with van der Waals surface area (Å²) < 4.78 is 37.7. The third kappa shape index (κ3) is 4.21. The second-order valence-corrected chi connectivity index (χ2v) is 4.93. The average Bonchev–Trinajstić information content (AvgIpc) is 2.41. The first-order valence-corrected chi connectivity index (χ1v) is 6.59. The van der Waals surface area contributed by atoms with E-state index >= 15 is 0 Å². The molecule has 0 radical (unpaired) electrons. The molecule has 2 rings (SSSR count). The highest BCUT2D eigenvalue weighted by Gasteiger charge is 2.30. The van der Waals surface area contributed by atoms with Crippen LogP contribution in [0.5, 0.6) is 0 Å². The van der Waals surface area contributed by atoms with Gasteiger partial charge in [0, 0.05) is 6.54 Å². The van der Waals surface area contributed by atoms with Crippen molar-refractivity contribution in [3.63, 3.8) is 0 Å². The van der Waals surface area contributed by atoms with Gasteiger partial charge in [0.2, 0.25) is 11.8 Å². The lowest BCUT2D eigenvalue weighted by Gasteiger charge is -2.22. The van der Waals surface area contributed by atoms with E-state index in [2.05, 4.69) is 10.6 Å². The van der Waals surface area contributed by atoms with Crippen molar-refractivity contribution in [1.82, 2.24) is 10.6 Å². The molecule has 1 heterocycles. The van der Waals surface area contributed by atoms with Gasteiger partial charge in [0.05, 0.1) is 12.0 Å². The minimum Gasteiger partial charge on any atom is -0.354 e. The van der Waals surface area contributed by atoms with Gasteiger partial charge in [-0.1, -0.05) is 18.2 Å². The Labute approximate surface area is 119 Å². The molecular weight excluding hydrogens is 285 g/mol. The van der Waals surface area contributed by atoms with Crippen molar-refractivity contribution in [3.05, 3.63) is 35.4 Å². The van der Waals surface area contributed by atoms with Crippen LogP contribution in [-0.4, -0.2) is 24.4 Å². The minimum atomic E-state index is -4.43. The van der Waals surface area contributed by atoms with Crippen molar-refractivity contribution in [2.45, 2.75) is 31.5 Å². The van der Waals surface area contributed by atoms with E-state index < -0.39 is 23.7 Å². The molecule has 1 atom stereocenters. The molecule has 114 valence electrons. The summed E-state index contributed by atoms with van der Waals surface area (Å²) >= 11 is 0. The number of rotatable bonds is 3. The zero-order chi connectivity index (χ0) is 15.5. The van der Waals surface area contributed by atoms with Gasteiger partial charge >= 0.3 is 6.18 Å². The monoisotopic (exact) mass is 300 g/mol. The first-order valence-electron chi connectivity index (χ1n) is 6.59. The predicted molar refractivity (Wildman–Crippen MR) is 69.3 cm³/mol. The standard InChI is InChI=1S/C14H15F3N2O2/c15-14(16,17)10-4-1-3-9(7-10)8-12(20)19-11-5-2-6-18-13(11)21/h1,3-4,7,11H,2,5-6,8H2,(H,18,21)(H,19,20)/t11-/m1/s1. The summed E-state index contributed by atoms with van der Waals surface area (Å²) in [5.41, 5.74) is -0.526. The number of amides is 2. The van der Waals surface area contributed by atoms with Crippen molar-refractivity contribution >= 4 is 11.8 Å². The van der Waals surface area contributed by atoms with Crippen LogP contribution < -0.4 is 10.6 Å². The lowest BCUT2D eigenvalue weighted by Crippen LogP contribution is -2.50. The largest absolute Gasteiger partial charge is 0.416 e. The fourth-order valence-corrected chi connectivity index (χ4v) is 2.20. The van der Waals surface area contributed by atoms with Gasteiger partial charge in [0.15, 0.2) is 0 Å². The van der Waals surface area contributed by atoms with Crippen LogP contribution in [0.4, 0.5) is 13.2 Å². The van der Waals surface area contributed by atoms with Gasteiger partial charge in [0.25, 0.3) is 0 Å². The Morgan fingerprint density at radius 3 is 2.81 bits per heavy atom. The van der Waals surface area contributed by atoms with Gasteiger partial charge in [-0.15, -0.1) is 0 Å². The Morgan fingerprint density at radius 1 is 1.38 bits per heavy atom. The van der Waals surface area contributed by atoms with Crippen molar-refractivity contribution in [3.8, 4) is 0 Å². The highest BCUT2D eigenvalue weighted by Crippen LogP contribution is 2.29. The van der Waals surface area contributed by atoms with E-state index in [9.17, 15) is 22.8 Å². The van der Waals surface area contributed by atoms with Crippen LogP contribution in [0.1, 0.15) is 24.0 Å². The van der Waals surface area contributed by atoms with E-state index in [4.69, 9.17) is 0 Å². The SMILES string of the molecule is O=C(Cc1cccc(C(F)(F)F)c1)N[C@@H]1CCCNC1=O. The zero-order valence-corrected chi connectivity index (χ0v) is 11.2. The molecule has 1 aliphatic rings. The van der Waals surface area contributed by atoms with Gasteiger partial charge in [-0.2, -0.15) is 13.2 Å². The van der Waals surface area contributed by atoms with E-state index in [1.54, 1.807) is 0 Å². The summed E-state index contributed by atoms with van der Waals surface area (Å²) in [5.74, 6) is -0.713. The highest BCUT2D eigenvalue weighted by molar-refractivity contribution is 5.88. The Kier molecular flexibility index (Phi) is 4.50. The fraction of sp³-hybridized carbons (Fsp3) is 0.429. The number of alkyl halides is 3. The van der Waals surface area contributed by atoms with Gasteiger partial charge < -0.3 is 10.6 Å². The third-order valence-corrected chi connectivity index (χ3v) is 3.24. The quantitative estimate of drug-likeness (QED) is 0.891. The maximum absolute atomic E-state index is 12.6. The van der Waals surface area contributed by atoms with Crippen LogP contribution in [0.2, 0.25) is 0 Å². The van der Waals surface area contributed by atoms with Crippen molar-refractivity contribution < 1.29 is 22.8 Å². The van der Waals surface area contributed by atoms with Gasteiger partial charge in [-0.25, -0.2) is 0 Å². The Hall–Kier alpha value is -2.05. The lowest BCUT2D eigenvalue weighted by molar-refractivity contribution is -0.137. The normalized spacial score (nSPS) is 19.0. The molecule has 1 aromatic carbocycles. The van der Waals surface area contributed by atoms with E-state index in [0.29, 0.717) is 13.0 Å². The van der Waals surface area contributed by atoms with Crippen LogP contribution in [0.25, 0.3) is 0 Å². The number of carbonyl (C=O) groups excluding carboxylic acids is 2. The van der Waals surface area contributed by atoms with Crippen molar-refractivity contribution in [1.29, 1.82) is 0 Å². The molecule has 1 fully saturated rings. The molecule has 21 heavy (non-hydrogen) atoms. The van der Waals surface area contributed by atoms with E-state index in [0.717, 1.165) is 18.6 Å². The Balaban J connectivity index is 1.98. The van der Waals surface area contributed by atoms with Gasteiger partial charge in [-0.3, -0.25) is 9.59 Å². The summed E-state index contributed by atoms with van der Waals surface area (Å²) in [4.78, 5) is 23.3. The first-order chi connectivity index (χ1) is 9.86.